The SMILES string of the molecule is CN1CC(c2ccc(C(F)(F)F)cc2)C(C(=O)N(N)c2ccccc2)C1=O. The number of benzene rings is 2. The normalized spacial score (nSPS) is 20.0. The third-order valence-corrected chi connectivity index (χ3v) is 4.72. The molecule has 1 aliphatic heterocycles. The Kier molecular flexibility index (Phi) is 4.93. The van der Waals surface area contributed by atoms with Crippen molar-refractivity contribution in [2.24, 2.45) is 11.8 Å². The number of likely N-dealkylation sites (tertiary alicyclic amines) is 1. The molecular weight excluding hydrogens is 359 g/mol. The summed E-state index contributed by atoms with van der Waals surface area (Å²) < 4.78 is 38.3. The van der Waals surface area contributed by atoms with Gasteiger partial charge in [0.05, 0.1) is 11.3 Å². The van der Waals surface area contributed by atoms with Gasteiger partial charge in [-0.05, 0) is 29.8 Å². The van der Waals surface area contributed by atoms with Gasteiger partial charge < -0.3 is 4.90 Å². The highest BCUT2D eigenvalue weighted by Gasteiger charge is 2.46. The number of nitrogens with two attached hydrogens (primary N) is 1. The fourth-order valence-electron chi connectivity index (χ4n) is 3.26. The van der Waals surface area contributed by atoms with Gasteiger partial charge in [-0.3, -0.25) is 9.59 Å². The number of amides is 2. The minimum Gasteiger partial charge on any atom is -0.344 e. The number of likely N-dealkylation sites (N-methyl/N-ethyl adjacent to an activating group) is 1. The summed E-state index contributed by atoms with van der Waals surface area (Å²) in [5.74, 6) is 3.25. The van der Waals surface area contributed by atoms with Gasteiger partial charge in [0.1, 0.15) is 5.92 Å². The molecule has 1 heterocycles. The van der Waals surface area contributed by atoms with Crippen LogP contribution >= 0.6 is 0 Å². The molecule has 8 heteroatoms. The summed E-state index contributed by atoms with van der Waals surface area (Å²) in [5, 5.41) is 0.915. The highest BCUT2D eigenvalue weighted by atomic mass is 19.4. The molecule has 5 nitrogen and oxygen atoms in total. The van der Waals surface area contributed by atoms with Crippen LogP contribution in [0.25, 0.3) is 0 Å². The molecule has 0 aromatic heterocycles. The Morgan fingerprint density at radius 3 is 2.26 bits per heavy atom. The Hall–Kier alpha value is -2.87. The van der Waals surface area contributed by atoms with Crippen LogP contribution < -0.4 is 10.9 Å². The Bertz CT molecular complexity index is 838. The summed E-state index contributed by atoms with van der Waals surface area (Å²) in [6, 6.07) is 13.0. The number of hydrazine groups is 1. The van der Waals surface area contributed by atoms with Crippen LogP contribution in [0.1, 0.15) is 17.0 Å². The molecule has 1 saturated heterocycles. The zero-order valence-corrected chi connectivity index (χ0v) is 14.5. The first-order valence-electron chi connectivity index (χ1n) is 8.26. The maximum Gasteiger partial charge on any atom is 0.416 e. The molecule has 0 saturated carbocycles. The van der Waals surface area contributed by atoms with Crippen LogP contribution in [0.15, 0.2) is 54.6 Å². The molecule has 1 aliphatic rings. The predicted octanol–water partition coefficient (Wildman–Crippen LogP) is 2.78. The quantitative estimate of drug-likeness (QED) is 0.387. The van der Waals surface area contributed by atoms with Crippen molar-refractivity contribution in [3.8, 4) is 0 Å². The first-order valence-corrected chi connectivity index (χ1v) is 8.26. The maximum absolute atomic E-state index is 12.9. The Morgan fingerprint density at radius 2 is 1.70 bits per heavy atom. The topological polar surface area (TPSA) is 66.6 Å². The second kappa shape index (κ2) is 7.03. The maximum atomic E-state index is 12.9. The number of carbonyl (C=O) groups is 2. The largest absolute Gasteiger partial charge is 0.416 e. The van der Waals surface area contributed by atoms with Gasteiger partial charge >= 0.3 is 6.18 Å². The molecule has 2 aromatic carbocycles. The lowest BCUT2D eigenvalue weighted by Crippen LogP contribution is -2.45. The highest BCUT2D eigenvalue weighted by Crippen LogP contribution is 2.36. The summed E-state index contributed by atoms with van der Waals surface area (Å²) in [6.07, 6.45) is -4.45. The fraction of sp³-hybridized carbons (Fsp3) is 0.263. The van der Waals surface area contributed by atoms with Gasteiger partial charge in [-0.25, -0.2) is 10.9 Å². The summed E-state index contributed by atoms with van der Waals surface area (Å²) >= 11 is 0. The van der Waals surface area contributed by atoms with Gasteiger partial charge in [-0.15, -0.1) is 0 Å². The lowest BCUT2D eigenvalue weighted by atomic mass is 9.87. The molecule has 2 aromatic rings. The second-order valence-corrected chi connectivity index (χ2v) is 6.47. The third-order valence-electron chi connectivity index (χ3n) is 4.72. The van der Waals surface area contributed by atoms with Gasteiger partial charge in [-0.2, -0.15) is 13.2 Å². The lowest BCUT2D eigenvalue weighted by Gasteiger charge is -2.23. The molecule has 2 unspecified atom stereocenters. The number of hydrogen-bond donors (Lipinski definition) is 1. The Balaban J connectivity index is 1.90. The molecule has 2 amide bonds. The molecule has 0 radical (unpaired) electrons. The minimum absolute atomic E-state index is 0.225. The van der Waals surface area contributed by atoms with E-state index in [9.17, 15) is 22.8 Å². The average molecular weight is 377 g/mol. The van der Waals surface area contributed by atoms with Crippen molar-refractivity contribution in [1.29, 1.82) is 0 Å². The van der Waals surface area contributed by atoms with Crippen LogP contribution in [0, 0.1) is 5.92 Å². The van der Waals surface area contributed by atoms with E-state index in [1.807, 2.05) is 0 Å². The lowest BCUT2D eigenvalue weighted by molar-refractivity contribution is -0.138. The first-order chi connectivity index (χ1) is 12.7. The summed E-state index contributed by atoms with van der Waals surface area (Å²) in [7, 11) is 1.55. The van der Waals surface area contributed by atoms with Crippen molar-refractivity contribution in [1.82, 2.24) is 4.90 Å². The molecular formula is C19H18F3N3O2. The summed E-state index contributed by atoms with van der Waals surface area (Å²) in [5.41, 5.74) is 0.132. The number of halogens is 3. The molecule has 2 atom stereocenters. The van der Waals surface area contributed by atoms with E-state index >= 15 is 0 Å². The molecule has 2 N–H and O–H groups in total. The number of nitrogens with zero attached hydrogens (tertiary/aromatic N) is 2. The average Bonchev–Trinajstić information content (AvgIpc) is 2.95. The zero-order chi connectivity index (χ0) is 19.8. The van der Waals surface area contributed by atoms with E-state index in [1.54, 1.807) is 37.4 Å². The molecule has 0 aliphatic carbocycles. The van der Waals surface area contributed by atoms with Crippen molar-refractivity contribution < 1.29 is 22.8 Å². The van der Waals surface area contributed by atoms with Gasteiger partial charge in [0.25, 0.3) is 5.91 Å². The van der Waals surface area contributed by atoms with E-state index in [0.29, 0.717) is 11.3 Å². The fourth-order valence-corrected chi connectivity index (χ4v) is 3.26. The Labute approximate surface area is 154 Å². The van der Waals surface area contributed by atoms with E-state index in [4.69, 9.17) is 5.84 Å². The standard InChI is InChI=1S/C19H18F3N3O2/c1-24-11-15(12-7-9-13(10-8-12)19(20,21)22)16(17(24)26)18(27)25(23)14-5-3-2-4-6-14/h2-10,15-16H,11,23H2,1H3. The van der Waals surface area contributed by atoms with E-state index in [2.05, 4.69) is 0 Å². The van der Waals surface area contributed by atoms with E-state index in [-0.39, 0.29) is 6.54 Å². The summed E-state index contributed by atoms with van der Waals surface area (Å²) in [6.45, 7) is 0.225. The summed E-state index contributed by atoms with van der Waals surface area (Å²) in [4.78, 5) is 26.8. The van der Waals surface area contributed by atoms with Crippen LogP contribution in [0.2, 0.25) is 0 Å². The molecule has 142 valence electrons. The highest BCUT2D eigenvalue weighted by molar-refractivity contribution is 6.09. The van der Waals surface area contributed by atoms with Crippen molar-refractivity contribution >= 4 is 17.5 Å². The van der Waals surface area contributed by atoms with Crippen molar-refractivity contribution in [3.63, 3.8) is 0 Å². The Morgan fingerprint density at radius 1 is 1.11 bits per heavy atom. The number of rotatable bonds is 3. The van der Waals surface area contributed by atoms with Crippen molar-refractivity contribution in [2.75, 3.05) is 18.6 Å². The van der Waals surface area contributed by atoms with Crippen LogP contribution in [0.4, 0.5) is 18.9 Å². The monoisotopic (exact) mass is 377 g/mol. The second-order valence-electron chi connectivity index (χ2n) is 6.47. The molecule has 27 heavy (non-hydrogen) atoms. The number of carbonyl (C=O) groups excluding carboxylic acids is 2. The number of hydrogen-bond acceptors (Lipinski definition) is 3. The van der Waals surface area contributed by atoms with E-state index < -0.39 is 35.4 Å². The van der Waals surface area contributed by atoms with E-state index in [1.165, 1.54) is 17.0 Å². The molecule has 1 fully saturated rings. The van der Waals surface area contributed by atoms with Gasteiger partial charge in [-0.1, -0.05) is 30.3 Å². The minimum atomic E-state index is -4.45. The van der Waals surface area contributed by atoms with Crippen LogP contribution in [0.3, 0.4) is 0 Å². The van der Waals surface area contributed by atoms with Gasteiger partial charge in [0.15, 0.2) is 0 Å². The molecule has 0 bridgehead atoms. The van der Waals surface area contributed by atoms with Crippen molar-refractivity contribution in [2.45, 2.75) is 12.1 Å². The predicted molar refractivity (Wildman–Crippen MR) is 93.4 cm³/mol. The third kappa shape index (κ3) is 3.66. The number of para-hydroxylation sites is 1. The van der Waals surface area contributed by atoms with Crippen LogP contribution in [0.5, 0.6) is 0 Å². The van der Waals surface area contributed by atoms with E-state index in [0.717, 1.165) is 17.1 Å². The molecule has 0 spiro atoms. The van der Waals surface area contributed by atoms with Gasteiger partial charge in [0, 0.05) is 19.5 Å². The van der Waals surface area contributed by atoms with Crippen LogP contribution in [-0.2, 0) is 15.8 Å². The number of alkyl halides is 3. The smallest absolute Gasteiger partial charge is 0.344 e. The molecule has 3 rings (SSSR count). The van der Waals surface area contributed by atoms with Crippen molar-refractivity contribution in [3.05, 3.63) is 65.7 Å². The van der Waals surface area contributed by atoms with Crippen LogP contribution in [-0.4, -0.2) is 30.3 Å². The number of anilines is 1. The zero-order valence-electron chi connectivity index (χ0n) is 14.5. The first kappa shape index (κ1) is 18.9. The van der Waals surface area contributed by atoms with Gasteiger partial charge in [0.2, 0.25) is 5.91 Å².